The Morgan fingerprint density at radius 2 is 1.90 bits per heavy atom. The van der Waals surface area contributed by atoms with Gasteiger partial charge < -0.3 is 16.0 Å². The molecule has 0 aromatic heterocycles. The van der Waals surface area contributed by atoms with Crippen LogP contribution in [0, 0.1) is 12.3 Å². The largest absolute Gasteiger partial charge is 0.359 e. The smallest absolute Gasteiger partial charge is 0.227 e. The normalized spacial score (nSPS) is 16.1. The molecule has 1 aromatic carbocycles. The third-order valence-electron chi connectivity index (χ3n) is 5.40. The van der Waals surface area contributed by atoms with Crippen molar-refractivity contribution in [2.24, 2.45) is 10.4 Å². The molecule has 6 nitrogen and oxygen atoms in total. The number of benzene rings is 1. The summed E-state index contributed by atoms with van der Waals surface area (Å²) in [6.07, 6.45) is 2.18. The molecule has 0 bridgehead atoms. The minimum absolute atomic E-state index is 0. The van der Waals surface area contributed by atoms with Crippen molar-refractivity contribution in [2.45, 2.75) is 53.1 Å². The Hall–Kier alpha value is -1.35. The molecule has 0 saturated carbocycles. The summed E-state index contributed by atoms with van der Waals surface area (Å²) in [7, 11) is 1.67. The van der Waals surface area contributed by atoms with Gasteiger partial charge in [0.2, 0.25) is 5.91 Å². The molecular formula is C22H38IN5O. The Balaban J connectivity index is 0.00000420. The number of aliphatic imine (C=N–C) groups is 1. The van der Waals surface area contributed by atoms with Gasteiger partial charge in [0.25, 0.3) is 0 Å². The molecule has 0 atom stereocenters. The van der Waals surface area contributed by atoms with Gasteiger partial charge in [0.1, 0.15) is 0 Å². The number of nitrogens with one attached hydrogen (secondary N) is 3. The maximum atomic E-state index is 12.0. The van der Waals surface area contributed by atoms with Crippen LogP contribution in [0.25, 0.3) is 0 Å². The molecule has 1 saturated heterocycles. The second-order valence-corrected chi connectivity index (χ2v) is 8.28. The quantitative estimate of drug-likeness (QED) is 0.297. The highest BCUT2D eigenvalue weighted by Gasteiger charge is 2.27. The van der Waals surface area contributed by atoms with Crippen LogP contribution in [-0.4, -0.2) is 56.0 Å². The van der Waals surface area contributed by atoms with Gasteiger partial charge in [-0.1, -0.05) is 24.3 Å². The van der Waals surface area contributed by atoms with E-state index < -0.39 is 5.41 Å². The Morgan fingerprint density at radius 3 is 2.48 bits per heavy atom. The number of hydrogen-bond acceptors (Lipinski definition) is 3. The molecule has 2 rings (SSSR count). The number of nitrogens with zero attached hydrogens (tertiary/aromatic N) is 2. The lowest BCUT2D eigenvalue weighted by molar-refractivity contribution is -0.128. The molecule has 0 unspecified atom stereocenters. The lowest BCUT2D eigenvalue weighted by Crippen LogP contribution is -2.49. The molecule has 29 heavy (non-hydrogen) atoms. The van der Waals surface area contributed by atoms with E-state index >= 15 is 0 Å². The van der Waals surface area contributed by atoms with Crippen LogP contribution >= 0.6 is 24.0 Å². The maximum absolute atomic E-state index is 12.0. The molecule has 1 amide bonds. The summed E-state index contributed by atoms with van der Waals surface area (Å²) in [5.41, 5.74) is 2.26. The number of amides is 1. The topological polar surface area (TPSA) is 68.8 Å². The molecule has 1 heterocycles. The van der Waals surface area contributed by atoms with Crippen LogP contribution in [0.1, 0.15) is 44.7 Å². The van der Waals surface area contributed by atoms with Crippen LogP contribution in [0.5, 0.6) is 0 Å². The standard InChI is InChI=1S/C22H37N5O.HI/c1-6-24-21(25-16-22(3,4)20(28)23-5)26-19-11-13-27(14-12-19)15-18-10-8-7-9-17(18)2;/h7-10,19H,6,11-16H2,1-5H3,(H,23,28)(H2,24,25,26);1H. The van der Waals surface area contributed by atoms with Crippen molar-refractivity contribution in [2.75, 3.05) is 33.2 Å². The number of hydrogen-bond donors (Lipinski definition) is 3. The van der Waals surface area contributed by atoms with E-state index in [1.165, 1.54) is 11.1 Å². The fourth-order valence-electron chi connectivity index (χ4n) is 3.46. The van der Waals surface area contributed by atoms with Gasteiger partial charge in [-0.25, -0.2) is 0 Å². The predicted molar refractivity (Wildman–Crippen MR) is 132 cm³/mol. The van der Waals surface area contributed by atoms with Crippen molar-refractivity contribution >= 4 is 35.8 Å². The van der Waals surface area contributed by atoms with Gasteiger partial charge in [-0.05, 0) is 51.7 Å². The zero-order valence-corrected chi connectivity index (χ0v) is 20.9. The first-order valence-corrected chi connectivity index (χ1v) is 10.4. The van der Waals surface area contributed by atoms with Crippen LogP contribution in [0.3, 0.4) is 0 Å². The fourth-order valence-corrected chi connectivity index (χ4v) is 3.46. The van der Waals surface area contributed by atoms with Crippen LogP contribution in [-0.2, 0) is 11.3 Å². The van der Waals surface area contributed by atoms with E-state index in [1.54, 1.807) is 7.05 Å². The fraction of sp³-hybridized carbons (Fsp3) is 0.636. The van der Waals surface area contributed by atoms with E-state index in [1.807, 2.05) is 13.8 Å². The minimum Gasteiger partial charge on any atom is -0.359 e. The van der Waals surface area contributed by atoms with Crippen molar-refractivity contribution in [3.63, 3.8) is 0 Å². The van der Waals surface area contributed by atoms with E-state index in [-0.39, 0.29) is 29.9 Å². The number of halogens is 1. The summed E-state index contributed by atoms with van der Waals surface area (Å²) in [5.74, 6) is 0.813. The van der Waals surface area contributed by atoms with E-state index in [0.717, 1.165) is 45.0 Å². The van der Waals surface area contributed by atoms with E-state index in [9.17, 15) is 4.79 Å². The lowest BCUT2D eigenvalue weighted by atomic mass is 9.93. The number of guanidine groups is 1. The third kappa shape index (κ3) is 8.12. The molecule has 7 heteroatoms. The summed E-state index contributed by atoms with van der Waals surface area (Å²) in [4.78, 5) is 19.2. The maximum Gasteiger partial charge on any atom is 0.227 e. The first-order chi connectivity index (χ1) is 13.4. The zero-order valence-electron chi connectivity index (χ0n) is 18.5. The van der Waals surface area contributed by atoms with Gasteiger partial charge in [0, 0.05) is 39.3 Å². The van der Waals surface area contributed by atoms with Crippen molar-refractivity contribution in [3.8, 4) is 0 Å². The monoisotopic (exact) mass is 515 g/mol. The van der Waals surface area contributed by atoms with Crippen molar-refractivity contribution in [1.82, 2.24) is 20.9 Å². The molecule has 1 aliphatic heterocycles. The first kappa shape index (κ1) is 25.7. The second-order valence-electron chi connectivity index (χ2n) is 8.28. The third-order valence-corrected chi connectivity index (χ3v) is 5.40. The highest BCUT2D eigenvalue weighted by atomic mass is 127. The highest BCUT2D eigenvalue weighted by Crippen LogP contribution is 2.17. The number of carbonyl (C=O) groups is 1. The summed E-state index contributed by atoms with van der Waals surface area (Å²) < 4.78 is 0. The lowest BCUT2D eigenvalue weighted by Gasteiger charge is -2.33. The van der Waals surface area contributed by atoms with Gasteiger partial charge in [-0.15, -0.1) is 24.0 Å². The van der Waals surface area contributed by atoms with Crippen molar-refractivity contribution < 1.29 is 4.79 Å². The SMILES string of the molecule is CCNC(=NCC(C)(C)C(=O)NC)NC1CCN(Cc2ccccc2C)CC1.I. The number of piperidine rings is 1. The van der Waals surface area contributed by atoms with Crippen LogP contribution in [0.15, 0.2) is 29.3 Å². The van der Waals surface area contributed by atoms with Gasteiger partial charge in [0.15, 0.2) is 5.96 Å². The number of rotatable bonds is 7. The molecular weight excluding hydrogens is 477 g/mol. The van der Waals surface area contributed by atoms with Gasteiger partial charge in [0.05, 0.1) is 12.0 Å². The van der Waals surface area contributed by atoms with Crippen molar-refractivity contribution in [3.05, 3.63) is 35.4 Å². The van der Waals surface area contributed by atoms with Gasteiger partial charge in [-0.3, -0.25) is 14.7 Å². The van der Waals surface area contributed by atoms with Crippen LogP contribution in [0.4, 0.5) is 0 Å². The van der Waals surface area contributed by atoms with Gasteiger partial charge >= 0.3 is 0 Å². The predicted octanol–water partition coefficient (Wildman–Crippen LogP) is 2.90. The molecule has 1 fully saturated rings. The molecule has 3 N–H and O–H groups in total. The first-order valence-electron chi connectivity index (χ1n) is 10.4. The zero-order chi connectivity index (χ0) is 20.6. The Labute approximate surface area is 193 Å². The van der Waals surface area contributed by atoms with E-state index in [2.05, 4.69) is 64.0 Å². The number of aryl methyl sites for hydroxylation is 1. The summed E-state index contributed by atoms with van der Waals surface area (Å²) in [6.45, 7) is 12.5. The summed E-state index contributed by atoms with van der Waals surface area (Å²) in [6, 6.07) is 9.04. The highest BCUT2D eigenvalue weighted by molar-refractivity contribution is 14.0. The molecule has 0 aliphatic carbocycles. The Bertz CT molecular complexity index is 669. The Kier molecular flexibility index (Phi) is 11.0. The summed E-state index contributed by atoms with van der Waals surface area (Å²) in [5, 5.41) is 9.59. The Morgan fingerprint density at radius 1 is 1.24 bits per heavy atom. The number of carbonyl (C=O) groups excluding carboxylic acids is 1. The van der Waals surface area contributed by atoms with Crippen LogP contribution < -0.4 is 16.0 Å². The molecule has 0 radical (unpaired) electrons. The van der Waals surface area contributed by atoms with E-state index in [0.29, 0.717) is 12.6 Å². The van der Waals surface area contributed by atoms with Crippen LogP contribution in [0.2, 0.25) is 0 Å². The summed E-state index contributed by atoms with van der Waals surface area (Å²) >= 11 is 0. The van der Waals surface area contributed by atoms with E-state index in [4.69, 9.17) is 0 Å². The molecule has 0 spiro atoms. The average Bonchev–Trinajstić information content (AvgIpc) is 2.69. The minimum atomic E-state index is -0.520. The molecule has 1 aliphatic rings. The molecule has 164 valence electrons. The average molecular weight is 515 g/mol. The number of likely N-dealkylation sites (tertiary alicyclic amines) is 1. The van der Waals surface area contributed by atoms with Crippen molar-refractivity contribution in [1.29, 1.82) is 0 Å². The second kappa shape index (κ2) is 12.4. The van der Waals surface area contributed by atoms with Gasteiger partial charge in [-0.2, -0.15) is 0 Å². The molecule has 1 aromatic rings.